The molecule has 1 aromatic carbocycles. The molecule has 0 radical (unpaired) electrons. The molecule has 0 saturated heterocycles. The number of carboxylic acid groups (broad SMARTS) is 1. The first kappa shape index (κ1) is 15.3. The van der Waals surface area contributed by atoms with Gasteiger partial charge in [0.25, 0.3) is 0 Å². The van der Waals surface area contributed by atoms with Gasteiger partial charge in [-0.25, -0.2) is 12.8 Å². The first-order valence-corrected chi connectivity index (χ1v) is 8.28. The van der Waals surface area contributed by atoms with Gasteiger partial charge >= 0.3 is 5.97 Å². The molecule has 0 heterocycles. The van der Waals surface area contributed by atoms with Crippen molar-refractivity contribution in [2.75, 3.05) is 5.75 Å². The third-order valence-electron chi connectivity index (χ3n) is 3.39. The van der Waals surface area contributed by atoms with Crippen molar-refractivity contribution in [1.29, 1.82) is 0 Å². The Kier molecular flexibility index (Phi) is 4.07. The molecule has 1 fully saturated rings. The van der Waals surface area contributed by atoms with Crippen molar-refractivity contribution in [3.63, 3.8) is 0 Å². The van der Waals surface area contributed by atoms with Gasteiger partial charge in [-0.15, -0.1) is 0 Å². The summed E-state index contributed by atoms with van der Waals surface area (Å²) in [6, 6.07) is 3.56. The second-order valence-corrected chi connectivity index (χ2v) is 7.81. The molecule has 20 heavy (non-hydrogen) atoms. The van der Waals surface area contributed by atoms with Crippen molar-refractivity contribution < 1.29 is 22.7 Å². The molecule has 0 unspecified atom stereocenters. The standard InChI is InChI=1S/C13H14ClFO4S/c14-11-2-1-10(15)5-9(11)7-20(18,19)8-13(3-4-13)6-12(16)17/h1-2,5H,3-4,6-8H2,(H,16,17). The van der Waals surface area contributed by atoms with Gasteiger partial charge in [-0.05, 0) is 42.0 Å². The van der Waals surface area contributed by atoms with Gasteiger partial charge in [-0.3, -0.25) is 4.79 Å². The van der Waals surface area contributed by atoms with E-state index in [0.29, 0.717) is 12.8 Å². The van der Waals surface area contributed by atoms with E-state index in [-0.39, 0.29) is 28.5 Å². The molecule has 2 rings (SSSR count). The first-order chi connectivity index (χ1) is 9.21. The molecular formula is C13H14ClFO4S. The summed E-state index contributed by atoms with van der Waals surface area (Å²) in [6.07, 6.45) is 1.04. The lowest BCUT2D eigenvalue weighted by atomic mass is 10.1. The quantitative estimate of drug-likeness (QED) is 0.874. The minimum Gasteiger partial charge on any atom is -0.481 e. The number of hydrogen-bond donors (Lipinski definition) is 1. The Morgan fingerprint density at radius 1 is 1.40 bits per heavy atom. The third kappa shape index (κ3) is 3.93. The highest BCUT2D eigenvalue weighted by Crippen LogP contribution is 2.50. The Balaban J connectivity index is 2.12. The molecule has 0 aliphatic heterocycles. The van der Waals surface area contributed by atoms with Gasteiger partial charge in [0.15, 0.2) is 9.84 Å². The molecule has 1 aromatic rings. The molecule has 1 N–H and O–H groups in total. The van der Waals surface area contributed by atoms with Crippen molar-refractivity contribution >= 4 is 27.4 Å². The van der Waals surface area contributed by atoms with Gasteiger partial charge in [-0.1, -0.05) is 11.6 Å². The van der Waals surface area contributed by atoms with Gasteiger partial charge in [0.2, 0.25) is 0 Å². The molecule has 0 atom stereocenters. The van der Waals surface area contributed by atoms with E-state index in [2.05, 4.69) is 0 Å². The highest BCUT2D eigenvalue weighted by molar-refractivity contribution is 7.90. The van der Waals surface area contributed by atoms with Crippen LogP contribution in [-0.2, 0) is 20.4 Å². The number of benzene rings is 1. The highest BCUT2D eigenvalue weighted by atomic mass is 35.5. The monoisotopic (exact) mass is 320 g/mol. The minimum absolute atomic E-state index is 0.150. The number of sulfone groups is 1. The van der Waals surface area contributed by atoms with E-state index < -0.39 is 27.0 Å². The zero-order valence-corrected chi connectivity index (χ0v) is 12.2. The van der Waals surface area contributed by atoms with Crippen LogP contribution in [0.15, 0.2) is 18.2 Å². The van der Waals surface area contributed by atoms with Gasteiger partial charge in [0.05, 0.1) is 17.9 Å². The van der Waals surface area contributed by atoms with Crippen molar-refractivity contribution in [2.24, 2.45) is 5.41 Å². The minimum atomic E-state index is -3.53. The average molecular weight is 321 g/mol. The van der Waals surface area contributed by atoms with Gasteiger partial charge in [0.1, 0.15) is 5.82 Å². The predicted octanol–water partition coefficient (Wildman–Crippen LogP) is 2.65. The van der Waals surface area contributed by atoms with Crippen molar-refractivity contribution in [3.05, 3.63) is 34.6 Å². The summed E-state index contributed by atoms with van der Waals surface area (Å²) in [7, 11) is -3.53. The smallest absolute Gasteiger partial charge is 0.303 e. The van der Waals surface area contributed by atoms with Crippen LogP contribution in [0.1, 0.15) is 24.8 Å². The number of carboxylic acids is 1. The largest absolute Gasteiger partial charge is 0.481 e. The molecule has 1 saturated carbocycles. The maximum Gasteiger partial charge on any atom is 0.303 e. The predicted molar refractivity (Wildman–Crippen MR) is 72.8 cm³/mol. The second kappa shape index (κ2) is 5.33. The van der Waals surface area contributed by atoms with Crippen molar-refractivity contribution in [3.8, 4) is 0 Å². The van der Waals surface area contributed by atoms with E-state index in [4.69, 9.17) is 16.7 Å². The molecule has 0 spiro atoms. The Morgan fingerprint density at radius 2 is 2.05 bits per heavy atom. The van der Waals surface area contributed by atoms with Crippen LogP contribution in [0.5, 0.6) is 0 Å². The van der Waals surface area contributed by atoms with Crippen LogP contribution in [0, 0.1) is 11.2 Å². The van der Waals surface area contributed by atoms with Crippen molar-refractivity contribution in [2.45, 2.75) is 25.0 Å². The number of rotatable bonds is 6. The molecule has 1 aliphatic carbocycles. The van der Waals surface area contributed by atoms with E-state index in [9.17, 15) is 17.6 Å². The molecule has 0 aromatic heterocycles. The zero-order chi connectivity index (χ0) is 15.0. The molecule has 7 heteroatoms. The highest BCUT2D eigenvalue weighted by Gasteiger charge is 2.47. The Bertz CT molecular complexity index is 638. The fourth-order valence-electron chi connectivity index (χ4n) is 2.28. The summed E-state index contributed by atoms with van der Waals surface area (Å²) < 4.78 is 37.4. The molecule has 1 aliphatic rings. The van der Waals surface area contributed by atoms with Crippen LogP contribution in [-0.4, -0.2) is 25.2 Å². The lowest BCUT2D eigenvalue weighted by Gasteiger charge is -2.13. The Labute approximate surface area is 121 Å². The lowest BCUT2D eigenvalue weighted by Crippen LogP contribution is -2.21. The molecule has 4 nitrogen and oxygen atoms in total. The lowest BCUT2D eigenvalue weighted by molar-refractivity contribution is -0.138. The summed E-state index contributed by atoms with van der Waals surface area (Å²) in [6.45, 7) is 0. The van der Waals surface area contributed by atoms with E-state index in [0.717, 1.165) is 12.1 Å². The third-order valence-corrected chi connectivity index (χ3v) is 5.56. The van der Waals surface area contributed by atoms with Crippen LogP contribution in [0.25, 0.3) is 0 Å². The Hall–Kier alpha value is -1.14. The molecule has 0 bridgehead atoms. The van der Waals surface area contributed by atoms with Crippen LogP contribution in [0.3, 0.4) is 0 Å². The maximum atomic E-state index is 13.1. The maximum absolute atomic E-state index is 13.1. The van der Waals surface area contributed by atoms with E-state index in [1.807, 2.05) is 0 Å². The summed E-state index contributed by atoms with van der Waals surface area (Å²) >= 11 is 5.85. The fourth-order valence-corrected chi connectivity index (χ4v) is 4.68. The average Bonchev–Trinajstić information content (AvgIpc) is 3.00. The van der Waals surface area contributed by atoms with Crippen LogP contribution in [0.4, 0.5) is 4.39 Å². The molecule has 110 valence electrons. The first-order valence-electron chi connectivity index (χ1n) is 6.08. The number of halogens is 2. The van der Waals surface area contributed by atoms with E-state index in [1.54, 1.807) is 0 Å². The number of aliphatic carboxylic acids is 1. The van der Waals surface area contributed by atoms with Gasteiger partial charge < -0.3 is 5.11 Å². The summed E-state index contributed by atoms with van der Waals surface area (Å²) in [5, 5.41) is 8.98. The van der Waals surface area contributed by atoms with Crippen LogP contribution in [0.2, 0.25) is 5.02 Å². The molecular weight excluding hydrogens is 307 g/mol. The normalized spacial score (nSPS) is 16.9. The second-order valence-electron chi connectivity index (χ2n) is 5.34. The van der Waals surface area contributed by atoms with E-state index >= 15 is 0 Å². The van der Waals surface area contributed by atoms with Crippen molar-refractivity contribution in [1.82, 2.24) is 0 Å². The molecule has 0 amide bonds. The number of carbonyl (C=O) groups is 1. The van der Waals surface area contributed by atoms with Gasteiger partial charge in [0, 0.05) is 5.02 Å². The fraction of sp³-hybridized carbons (Fsp3) is 0.462. The topological polar surface area (TPSA) is 71.4 Å². The zero-order valence-electron chi connectivity index (χ0n) is 10.6. The summed E-state index contributed by atoms with van der Waals surface area (Å²) in [4.78, 5) is 10.7. The SMILES string of the molecule is O=C(O)CC1(CS(=O)(=O)Cc2cc(F)ccc2Cl)CC1. The van der Waals surface area contributed by atoms with Gasteiger partial charge in [-0.2, -0.15) is 0 Å². The summed E-state index contributed by atoms with van der Waals surface area (Å²) in [5.41, 5.74) is -0.442. The van der Waals surface area contributed by atoms with Crippen LogP contribution < -0.4 is 0 Å². The number of hydrogen-bond acceptors (Lipinski definition) is 3. The summed E-state index contributed by atoms with van der Waals surface area (Å²) in [5.74, 6) is -2.11. The Morgan fingerprint density at radius 3 is 2.60 bits per heavy atom. The van der Waals surface area contributed by atoms with E-state index in [1.165, 1.54) is 6.07 Å². The van der Waals surface area contributed by atoms with Crippen LogP contribution >= 0.6 is 11.6 Å².